The number of anilines is 1. The van der Waals surface area contributed by atoms with Gasteiger partial charge in [-0.3, -0.25) is 4.79 Å². The second-order valence-corrected chi connectivity index (χ2v) is 4.42. The lowest BCUT2D eigenvalue weighted by atomic mass is 9.82. The quantitative estimate of drug-likeness (QED) is 0.652. The molecule has 0 heterocycles. The zero-order valence-corrected chi connectivity index (χ0v) is 10.8. The smallest absolute Gasteiger partial charge is 0.305 e. The molecule has 2 N–H and O–H groups in total. The van der Waals surface area contributed by atoms with Gasteiger partial charge in [0, 0.05) is 12.1 Å². The van der Waals surface area contributed by atoms with Crippen LogP contribution in [0, 0.1) is 5.92 Å². The Hall–Kier alpha value is -1.22. The second-order valence-electron chi connectivity index (χ2n) is 4.42. The molecule has 0 fully saturated rings. The van der Waals surface area contributed by atoms with E-state index in [1.54, 1.807) is 0 Å². The van der Waals surface area contributed by atoms with Gasteiger partial charge in [-0.1, -0.05) is 6.07 Å². The molecular formula is C13H18ClNO2. The van der Waals surface area contributed by atoms with Gasteiger partial charge in [-0.15, -0.1) is 12.4 Å². The van der Waals surface area contributed by atoms with Crippen LogP contribution in [0.5, 0.6) is 0 Å². The number of fused-ring (bicyclic) bond motifs is 1. The van der Waals surface area contributed by atoms with E-state index in [0.717, 1.165) is 24.9 Å². The Kier molecular flexibility index (Phi) is 4.82. The molecule has 0 aliphatic heterocycles. The van der Waals surface area contributed by atoms with Crippen molar-refractivity contribution >= 4 is 24.1 Å². The minimum atomic E-state index is -0.114. The molecule has 3 nitrogen and oxygen atoms in total. The molecular weight excluding hydrogens is 238 g/mol. The number of hydrogen-bond acceptors (Lipinski definition) is 3. The first-order chi connectivity index (χ1) is 7.69. The molecule has 1 aromatic carbocycles. The number of benzene rings is 1. The molecule has 0 amide bonds. The van der Waals surface area contributed by atoms with Gasteiger partial charge >= 0.3 is 5.97 Å². The maximum absolute atomic E-state index is 11.2. The number of halogens is 1. The van der Waals surface area contributed by atoms with Crippen LogP contribution in [0.1, 0.15) is 24.0 Å². The van der Waals surface area contributed by atoms with Crippen molar-refractivity contribution in [3.8, 4) is 0 Å². The molecule has 0 aromatic heterocycles. The van der Waals surface area contributed by atoms with Crippen LogP contribution in [0.15, 0.2) is 18.2 Å². The third-order valence-electron chi connectivity index (χ3n) is 3.24. The average Bonchev–Trinajstić information content (AvgIpc) is 2.28. The Labute approximate surface area is 108 Å². The van der Waals surface area contributed by atoms with E-state index in [-0.39, 0.29) is 18.4 Å². The van der Waals surface area contributed by atoms with Crippen LogP contribution in [-0.4, -0.2) is 13.1 Å². The summed E-state index contributed by atoms with van der Waals surface area (Å²) in [7, 11) is 1.44. The van der Waals surface area contributed by atoms with Crippen molar-refractivity contribution < 1.29 is 9.53 Å². The number of rotatable bonds is 2. The first-order valence-electron chi connectivity index (χ1n) is 5.63. The highest BCUT2D eigenvalue weighted by Crippen LogP contribution is 2.29. The molecule has 0 radical (unpaired) electrons. The van der Waals surface area contributed by atoms with Crippen LogP contribution in [0.2, 0.25) is 0 Å². The van der Waals surface area contributed by atoms with Crippen molar-refractivity contribution in [1.29, 1.82) is 0 Å². The number of carbonyl (C=O) groups is 1. The Morgan fingerprint density at radius 1 is 1.47 bits per heavy atom. The number of nitrogens with two attached hydrogens (primary N) is 1. The SMILES string of the molecule is COC(=O)CC1CCc2ccc(N)cc2C1.Cl. The fourth-order valence-corrected chi connectivity index (χ4v) is 2.35. The van der Waals surface area contributed by atoms with E-state index in [1.807, 2.05) is 12.1 Å². The molecule has 4 heteroatoms. The molecule has 0 saturated heterocycles. The summed E-state index contributed by atoms with van der Waals surface area (Å²) < 4.78 is 4.70. The Bertz CT molecular complexity index is 406. The first-order valence-corrected chi connectivity index (χ1v) is 5.63. The zero-order valence-electron chi connectivity index (χ0n) is 9.94. The Balaban J connectivity index is 0.00000144. The minimum absolute atomic E-state index is 0. The van der Waals surface area contributed by atoms with Crippen molar-refractivity contribution in [3.05, 3.63) is 29.3 Å². The van der Waals surface area contributed by atoms with Crippen LogP contribution in [0.25, 0.3) is 0 Å². The monoisotopic (exact) mass is 255 g/mol. The summed E-state index contributed by atoms with van der Waals surface area (Å²) in [5.41, 5.74) is 9.23. The number of nitrogen functional groups attached to an aromatic ring is 1. The molecule has 0 spiro atoms. The van der Waals surface area contributed by atoms with Crippen molar-refractivity contribution in [2.45, 2.75) is 25.7 Å². The standard InChI is InChI=1S/C13H17NO2.ClH/c1-16-13(15)7-9-2-3-10-4-5-12(14)8-11(10)6-9;/h4-5,8-9H,2-3,6-7,14H2,1H3;1H. The molecule has 1 aliphatic rings. The van der Waals surface area contributed by atoms with E-state index >= 15 is 0 Å². The molecule has 1 aliphatic carbocycles. The molecule has 1 unspecified atom stereocenters. The Morgan fingerprint density at radius 3 is 2.94 bits per heavy atom. The normalized spacial score (nSPS) is 17.8. The molecule has 94 valence electrons. The van der Waals surface area contributed by atoms with Gasteiger partial charge in [0.25, 0.3) is 0 Å². The van der Waals surface area contributed by atoms with Gasteiger partial charge in [0.05, 0.1) is 7.11 Å². The van der Waals surface area contributed by atoms with E-state index in [1.165, 1.54) is 18.2 Å². The van der Waals surface area contributed by atoms with E-state index in [2.05, 4.69) is 6.07 Å². The predicted octanol–water partition coefficient (Wildman–Crippen LogP) is 2.36. The summed E-state index contributed by atoms with van der Waals surface area (Å²) in [5.74, 6) is 0.291. The van der Waals surface area contributed by atoms with E-state index < -0.39 is 0 Å². The average molecular weight is 256 g/mol. The summed E-state index contributed by atoms with van der Waals surface area (Å²) >= 11 is 0. The van der Waals surface area contributed by atoms with Gasteiger partial charge < -0.3 is 10.5 Å². The van der Waals surface area contributed by atoms with E-state index in [0.29, 0.717) is 12.3 Å². The van der Waals surface area contributed by atoms with Crippen molar-refractivity contribution in [1.82, 2.24) is 0 Å². The number of methoxy groups -OCH3 is 1. The van der Waals surface area contributed by atoms with Gasteiger partial charge in [-0.05, 0) is 48.4 Å². The largest absolute Gasteiger partial charge is 0.469 e. The topological polar surface area (TPSA) is 52.3 Å². The maximum Gasteiger partial charge on any atom is 0.305 e. The van der Waals surface area contributed by atoms with Crippen molar-refractivity contribution in [2.24, 2.45) is 5.92 Å². The number of ether oxygens (including phenoxy) is 1. The highest BCUT2D eigenvalue weighted by Gasteiger charge is 2.21. The summed E-state index contributed by atoms with van der Waals surface area (Å²) in [6.07, 6.45) is 3.56. The van der Waals surface area contributed by atoms with Crippen molar-refractivity contribution in [2.75, 3.05) is 12.8 Å². The lowest BCUT2D eigenvalue weighted by Crippen LogP contribution is -2.18. The summed E-state index contributed by atoms with van der Waals surface area (Å²) in [4.78, 5) is 11.2. The summed E-state index contributed by atoms with van der Waals surface area (Å²) in [6, 6.07) is 6.07. The predicted molar refractivity (Wildman–Crippen MR) is 70.3 cm³/mol. The fourth-order valence-electron chi connectivity index (χ4n) is 2.35. The zero-order chi connectivity index (χ0) is 11.5. The van der Waals surface area contributed by atoms with Crippen molar-refractivity contribution in [3.63, 3.8) is 0 Å². The van der Waals surface area contributed by atoms with Gasteiger partial charge in [0.2, 0.25) is 0 Å². The highest BCUT2D eigenvalue weighted by molar-refractivity contribution is 5.85. The molecule has 0 saturated carbocycles. The van der Waals surface area contributed by atoms with Gasteiger partial charge in [-0.25, -0.2) is 0 Å². The Morgan fingerprint density at radius 2 is 2.24 bits per heavy atom. The van der Waals surface area contributed by atoms with Gasteiger partial charge in [0.15, 0.2) is 0 Å². The third-order valence-corrected chi connectivity index (χ3v) is 3.24. The van der Waals surface area contributed by atoms with E-state index in [4.69, 9.17) is 10.5 Å². The number of hydrogen-bond donors (Lipinski definition) is 1. The molecule has 1 aromatic rings. The lowest BCUT2D eigenvalue weighted by Gasteiger charge is -2.23. The van der Waals surface area contributed by atoms with Crippen LogP contribution in [0.3, 0.4) is 0 Å². The van der Waals surface area contributed by atoms with Crippen LogP contribution >= 0.6 is 12.4 Å². The number of esters is 1. The lowest BCUT2D eigenvalue weighted by molar-refractivity contribution is -0.141. The molecule has 2 rings (SSSR count). The van der Waals surface area contributed by atoms with Crippen LogP contribution < -0.4 is 5.73 Å². The summed E-state index contributed by atoms with van der Waals surface area (Å²) in [5, 5.41) is 0. The highest BCUT2D eigenvalue weighted by atomic mass is 35.5. The number of aryl methyl sites for hydroxylation is 1. The number of carbonyl (C=O) groups excluding carboxylic acids is 1. The van der Waals surface area contributed by atoms with Gasteiger partial charge in [0.1, 0.15) is 0 Å². The minimum Gasteiger partial charge on any atom is -0.469 e. The molecule has 17 heavy (non-hydrogen) atoms. The van der Waals surface area contributed by atoms with Crippen LogP contribution in [0.4, 0.5) is 5.69 Å². The van der Waals surface area contributed by atoms with Crippen LogP contribution in [-0.2, 0) is 22.4 Å². The fraction of sp³-hybridized carbons (Fsp3) is 0.462. The maximum atomic E-state index is 11.2. The van der Waals surface area contributed by atoms with E-state index in [9.17, 15) is 4.79 Å². The van der Waals surface area contributed by atoms with Gasteiger partial charge in [-0.2, -0.15) is 0 Å². The molecule has 0 bridgehead atoms. The third kappa shape index (κ3) is 3.37. The molecule has 1 atom stereocenters. The second kappa shape index (κ2) is 5.92. The summed E-state index contributed by atoms with van der Waals surface area (Å²) in [6.45, 7) is 0. The first kappa shape index (κ1) is 13.8.